The van der Waals surface area contributed by atoms with E-state index >= 15 is 0 Å². The number of fused-ring (bicyclic) bond motifs is 5. The minimum absolute atomic E-state index is 0.0390. The summed E-state index contributed by atoms with van der Waals surface area (Å²) in [5.41, 5.74) is 1.70. The molecular formula is C17H14BF2NO4. The standard InChI is InChI=1S/C17H14BF2NO4/c19-12-8-13-4-2-6-16(21-13)11-3-1-5-15(7-11)24-18(20)25-17(23)10-14(22)9-12/h1-7,10,12,22H,8-9H2. The van der Waals surface area contributed by atoms with Crippen LogP contribution in [-0.4, -0.2) is 29.6 Å². The molecule has 1 aromatic heterocycles. The van der Waals surface area contributed by atoms with Crippen molar-refractivity contribution in [2.24, 2.45) is 0 Å². The van der Waals surface area contributed by atoms with E-state index in [4.69, 9.17) is 4.65 Å². The van der Waals surface area contributed by atoms with Gasteiger partial charge in [-0.2, -0.15) is 0 Å². The Balaban J connectivity index is 1.98. The van der Waals surface area contributed by atoms with Crippen LogP contribution in [0.4, 0.5) is 8.71 Å². The number of halogens is 2. The molecule has 2 heterocycles. The van der Waals surface area contributed by atoms with E-state index in [2.05, 4.69) is 9.64 Å². The lowest BCUT2D eigenvalue weighted by Gasteiger charge is -2.09. The number of benzene rings is 1. The number of carbonyl (C=O) groups is 1. The number of aliphatic hydroxyl groups is 1. The number of allylic oxidation sites excluding steroid dienone is 1. The fourth-order valence-electron chi connectivity index (χ4n) is 2.46. The quantitative estimate of drug-likeness (QED) is 0.742. The van der Waals surface area contributed by atoms with Crippen LogP contribution in [0, 0.1) is 0 Å². The average molecular weight is 345 g/mol. The lowest BCUT2D eigenvalue weighted by molar-refractivity contribution is -0.130. The highest BCUT2D eigenvalue weighted by Gasteiger charge is 2.27. The number of pyridine rings is 1. The van der Waals surface area contributed by atoms with Crippen molar-refractivity contribution in [2.75, 3.05) is 0 Å². The first-order chi connectivity index (χ1) is 12.0. The summed E-state index contributed by atoms with van der Waals surface area (Å²) in [6, 6.07) is 11.5. The maximum absolute atomic E-state index is 14.1. The summed E-state index contributed by atoms with van der Waals surface area (Å²) >= 11 is 0. The summed E-state index contributed by atoms with van der Waals surface area (Å²) in [5, 5.41) is 9.63. The van der Waals surface area contributed by atoms with Crippen LogP contribution in [0.3, 0.4) is 0 Å². The van der Waals surface area contributed by atoms with Gasteiger partial charge in [0.25, 0.3) is 0 Å². The predicted octanol–water partition coefficient (Wildman–Crippen LogP) is 3.35. The first-order valence-corrected chi connectivity index (χ1v) is 7.61. The monoisotopic (exact) mass is 345 g/mol. The molecule has 2 aromatic rings. The Morgan fingerprint density at radius 1 is 1.16 bits per heavy atom. The Morgan fingerprint density at radius 3 is 2.80 bits per heavy atom. The van der Waals surface area contributed by atoms with Gasteiger partial charge in [0.15, 0.2) is 0 Å². The molecule has 1 atom stereocenters. The van der Waals surface area contributed by atoms with E-state index in [-0.39, 0.29) is 12.2 Å². The SMILES string of the molecule is O=C1C=C(O)CC(F)Cc2cccc(n2)-c2cccc(c2)OB(F)O1. The number of carbonyl (C=O) groups excluding carboxylic acids is 1. The Bertz CT molecular complexity index is 815. The van der Waals surface area contributed by atoms with Crippen LogP contribution in [0.2, 0.25) is 0 Å². The van der Waals surface area contributed by atoms with Crippen molar-refractivity contribution in [2.45, 2.75) is 19.0 Å². The highest BCUT2D eigenvalue weighted by atomic mass is 19.1. The molecule has 25 heavy (non-hydrogen) atoms. The number of aromatic nitrogens is 1. The van der Waals surface area contributed by atoms with E-state index in [1.54, 1.807) is 30.3 Å². The summed E-state index contributed by atoms with van der Waals surface area (Å²) < 4.78 is 37.1. The number of hydrogen-bond donors (Lipinski definition) is 1. The molecule has 0 saturated carbocycles. The zero-order valence-corrected chi connectivity index (χ0v) is 13.1. The summed E-state index contributed by atoms with van der Waals surface area (Å²) in [6.07, 6.45) is -1.28. The van der Waals surface area contributed by atoms with E-state index in [0.717, 1.165) is 0 Å². The van der Waals surface area contributed by atoms with Gasteiger partial charge in [0.1, 0.15) is 17.7 Å². The second-order valence-corrected chi connectivity index (χ2v) is 5.51. The van der Waals surface area contributed by atoms with Gasteiger partial charge in [0.2, 0.25) is 0 Å². The van der Waals surface area contributed by atoms with E-state index < -0.39 is 31.7 Å². The molecule has 0 aliphatic carbocycles. The van der Waals surface area contributed by atoms with Gasteiger partial charge in [-0.1, -0.05) is 18.2 Å². The van der Waals surface area contributed by atoms with Crippen LogP contribution in [0.25, 0.3) is 11.3 Å². The second-order valence-electron chi connectivity index (χ2n) is 5.51. The molecule has 1 aromatic carbocycles. The maximum Gasteiger partial charge on any atom is 0.832 e. The molecule has 1 N–H and O–H groups in total. The van der Waals surface area contributed by atoms with Crippen molar-refractivity contribution in [1.29, 1.82) is 0 Å². The molecule has 3 rings (SSSR count). The lowest BCUT2D eigenvalue weighted by atomic mass is 10.1. The minimum atomic E-state index is -2.36. The molecular weight excluding hydrogens is 331 g/mol. The molecule has 0 saturated heterocycles. The first-order valence-electron chi connectivity index (χ1n) is 7.61. The van der Waals surface area contributed by atoms with Crippen LogP contribution in [0.15, 0.2) is 54.3 Å². The van der Waals surface area contributed by atoms with Gasteiger partial charge < -0.3 is 14.4 Å². The van der Waals surface area contributed by atoms with Gasteiger partial charge in [-0.3, -0.25) is 4.98 Å². The molecule has 128 valence electrons. The van der Waals surface area contributed by atoms with Gasteiger partial charge in [0.05, 0.1) is 11.8 Å². The highest BCUT2D eigenvalue weighted by molar-refractivity contribution is 6.39. The lowest BCUT2D eigenvalue weighted by Crippen LogP contribution is -2.24. The van der Waals surface area contributed by atoms with Crippen molar-refractivity contribution in [3.05, 3.63) is 60.0 Å². The van der Waals surface area contributed by atoms with Gasteiger partial charge in [-0.25, -0.2) is 13.5 Å². The molecule has 1 aliphatic rings. The fraction of sp³-hybridized carbons (Fsp3) is 0.176. The molecule has 4 bridgehead atoms. The Morgan fingerprint density at radius 2 is 1.96 bits per heavy atom. The zero-order valence-electron chi connectivity index (χ0n) is 13.1. The molecule has 0 fully saturated rings. The number of rotatable bonds is 0. The van der Waals surface area contributed by atoms with Gasteiger partial charge in [0, 0.05) is 24.1 Å². The van der Waals surface area contributed by atoms with E-state index in [0.29, 0.717) is 23.0 Å². The Labute approximate surface area is 143 Å². The minimum Gasteiger partial charge on any atom is -0.512 e. The third-order valence-electron chi connectivity index (χ3n) is 3.52. The van der Waals surface area contributed by atoms with Gasteiger partial charge in [-0.15, -0.1) is 0 Å². The van der Waals surface area contributed by atoms with E-state index in [1.807, 2.05) is 0 Å². The fourth-order valence-corrected chi connectivity index (χ4v) is 2.46. The molecule has 0 amide bonds. The Kier molecular flexibility index (Phi) is 4.97. The van der Waals surface area contributed by atoms with Crippen LogP contribution >= 0.6 is 0 Å². The largest absolute Gasteiger partial charge is 0.832 e. The van der Waals surface area contributed by atoms with Crippen molar-refractivity contribution in [3.63, 3.8) is 0 Å². The van der Waals surface area contributed by atoms with Crippen molar-refractivity contribution >= 4 is 13.4 Å². The summed E-state index contributed by atoms with van der Waals surface area (Å²) in [5.74, 6) is -1.57. The third-order valence-corrected chi connectivity index (χ3v) is 3.52. The summed E-state index contributed by atoms with van der Waals surface area (Å²) in [6.45, 7) is 0. The van der Waals surface area contributed by atoms with Crippen LogP contribution < -0.4 is 4.65 Å². The van der Waals surface area contributed by atoms with Crippen LogP contribution in [0.5, 0.6) is 5.75 Å². The number of hydrogen-bond acceptors (Lipinski definition) is 5. The number of nitrogens with zero attached hydrogens (tertiary/aromatic N) is 1. The van der Waals surface area contributed by atoms with Crippen molar-refractivity contribution in [1.82, 2.24) is 4.98 Å². The summed E-state index contributed by atoms with van der Waals surface area (Å²) in [7, 11) is -2.36. The maximum atomic E-state index is 14.1. The van der Waals surface area contributed by atoms with Crippen LogP contribution in [-0.2, 0) is 15.9 Å². The molecule has 5 nitrogen and oxygen atoms in total. The van der Waals surface area contributed by atoms with Gasteiger partial charge >= 0.3 is 13.4 Å². The normalized spacial score (nSPS) is 18.3. The molecule has 8 heteroatoms. The first kappa shape index (κ1) is 16.9. The zero-order chi connectivity index (χ0) is 17.8. The number of alkyl halides is 1. The van der Waals surface area contributed by atoms with E-state index in [1.165, 1.54) is 12.1 Å². The third kappa shape index (κ3) is 4.56. The predicted molar refractivity (Wildman–Crippen MR) is 87.2 cm³/mol. The van der Waals surface area contributed by atoms with Gasteiger partial charge in [-0.05, 0) is 24.3 Å². The molecule has 1 aliphatic heterocycles. The van der Waals surface area contributed by atoms with Crippen molar-refractivity contribution < 1.29 is 27.9 Å². The highest BCUT2D eigenvalue weighted by Crippen LogP contribution is 2.24. The second kappa shape index (κ2) is 7.33. The van der Waals surface area contributed by atoms with Crippen molar-refractivity contribution in [3.8, 4) is 17.0 Å². The molecule has 0 spiro atoms. The number of aliphatic hydroxyl groups excluding tert-OH is 1. The summed E-state index contributed by atoms with van der Waals surface area (Å²) in [4.78, 5) is 15.9. The van der Waals surface area contributed by atoms with Crippen LogP contribution in [0.1, 0.15) is 12.1 Å². The molecule has 0 radical (unpaired) electrons. The molecule has 1 unspecified atom stereocenters. The smallest absolute Gasteiger partial charge is 0.512 e. The van der Waals surface area contributed by atoms with E-state index in [9.17, 15) is 18.6 Å². The topological polar surface area (TPSA) is 68.7 Å². The Hall–Kier alpha value is -2.90. The average Bonchev–Trinajstić information content (AvgIpc) is 2.53.